The summed E-state index contributed by atoms with van der Waals surface area (Å²) in [5, 5.41) is 3.30. The quantitative estimate of drug-likeness (QED) is 0.908. The van der Waals surface area contributed by atoms with Crippen LogP contribution in [0.4, 0.5) is 5.82 Å². The van der Waals surface area contributed by atoms with Gasteiger partial charge in [-0.2, -0.15) is 0 Å². The second-order valence-electron chi connectivity index (χ2n) is 4.00. The molecule has 0 bridgehead atoms. The molecule has 0 atom stereocenters. The highest BCUT2D eigenvalue weighted by Crippen LogP contribution is 2.45. The van der Waals surface area contributed by atoms with Crippen LogP contribution >= 0.6 is 27.5 Å². The summed E-state index contributed by atoms with van der Waals surface area (Å²) in [5.74, 6) is 0.523. The lowest BCUT2D eigenvalue weighted by Crippen LogP contribution is -2.21. The van der Waals surface area contributed by atoms with Gasteiger partial charge in [0.2, 0.25) is 5.91 Å². The van der Waals surface area contributed by atoms with E-state index in [-0.39, 0.29) is 11.3 Å². The van der Waals surface area contributed by atoms with Gasteiger partial charge in [0.25, 0.3) is 0 Å². The minimum Gasteiger partial charge on any atom is -0.310 e. The molecule has 1 saturated carbocycles. The number of halogens is 2. The third-order valence-corrected chi connectivity index (χ3v) is 3.77. The molecule has 1 amide bonds. The van der Waals surface area contributed by atoms with Crippen LogP contribution in [0.2, 0.25) is 5.02 Å². The molecule has 3 nitrogen and oxygen atoms in total. The number of carbonyl (C=O) groups is 1. The molecule has 5 heteroatoms. The maximum absolute atomic E-state index is 11.7. The van der Waals surface area contributed by atoms with E-state index < -0.39 is 0 Å². The van der Waals surface area contributed by atoms with Crippen LogP contribution in [0.5, 0.6) is 0 Å². The highest BCUT2D eigenvalue weighted by Gasteiger charge is 2.44. The molecule has 2 rings (SSSR count). The summed E-state index contributed by atoms with van der Waals surface area (Å²) in [5.41, 5.74) is -0.193. The largest absolute Gasteiger partial charge is 0.310 e. The summed E-state index contributed by atoms with van der Waals surface area (Å²) in [6, 6.07) is 1.63. The fraction of sp³-hybridized carbons (Fsp3) is 0.400. The number of carbonyl (C=O) groups excluding carboxylic acids is 1. The summed E-state index contributed by atoms with van der Waals surface area (Å²) < 4.78 is 0.722. The molecule has 80 valence electrons. The topological polar surface area (TPSA) is 42.0 Å². The third kappa shape index (κ3) is 2.32. The molecule has 1 aliphatic rings. The Balaban J connectivity index is 2.11. The fourth-order valence-corrected chi connectivity index (χ4v) is 1.53. The average molecular weight is 290 g/mol. The molecular weight excluding hydrogens is 279 g/mol. The smallest absolute Gasteiger partial charge is 0.231 e. The number of anilines is 1. The van der Waals surface area contributed by atoms with Gasteiger partial charge in [-0.15, -0.1) is 0 Å². The van der Waals surface area contributed by atoms with Crippen LogP contribution in [0.25, 0.3) is 0 Å². The van der Waals surface area contributed by atoms with Crippen molar-refractivity contribution in [3.8, 4) is 0 Å². The van der Waals surface area contributed by atoms with Crippen molar-refractivity contribution in [2.75, 3.05) is 5.32 Å². The minimum absolute atomic E-state index is 0.0217. The van der Waals surface area contributed by atoms with Crippen LogP contribution < -0.4 is 5.32 Å². The molecule has 0 saturated heterocycles. The van der Waals surface area contributed by atoms with Crippen molar-refractivity contribution in [1.82, 2.24) is 4.98 Å². The van der Waals surface area contributed by atoms with E-state index in [9.17, 15) is 4.79 Å². The molecule has 0 unspecified atom stereocenters. The Morgan fingerprint density at radius 3 is 2.87 bits per heavy atom. The maximum Gasteiger partial charge on any atom is 0.231 e. The average Bonchev–Trinajstić information content (AvgIpc) is 2.92. The first kappa shape index (κ1) is 10.9. The number of rotatable bonds is 2. The first-order valence-electron chi connectivity index (χ1n) is 4.64. The second-order valence-corrected chi connectivity index (χ2v) is 5.26. The van der Waals surface area contributed by atoms with Gasteiger partial charge in [-0.1, -0.05) is 18.5 Å². The zero-order chi connectivity index (χ0) is 11.1. The second kappa shape index (κ2) is 3.76. The third-order valence-electron chi connectivity index (χ3n) is 2.60. The summed E-state index contributed by atoms with van der Waals surface area (Å²) in [7, 11) is 0. The van der Waals surface area contributed by atoms with Crippen molar-refractivity contribution in [3.05, 3.63) is 21.8 Å². The van der Waals surface area contributed by atoms with Gasteiger partial charge in [0.15, 0.2) is 0 Å². The summed E-state index contributed by atoms with van der Waals surface area (Å²) in [4.78, 5) is 15.7. The van der Waals surface area contributed by atoms with Crippen LogP contribution in [0.15, 0.2) is 16.7 Å². The van der Waals surface area contributed by atoms with Crippen LogP contribution in [-0.2, 0) is 4.79 Å². The number of amides is 1. The van der Waals surface area contributed by atoms with Crippen molar-refractivity contribution in [2.45, 2.75) is 19.8 Å². The van der Waals surface area contributed by atoms with E-state index in [2.05, 4.69) is 26.2 Å². The molecule has 0 spiro atoms. The van der Waals surface area contributed by atoms with Crippen LogP contribution in [0, 0.1) is 5.41 Å². The van der Waals surface area contributed by atoms with E-state index in [0.29, 0.717) is 10.8 Å². The first-order chi connectivity index (χ1) is 7.01. The predicted octanol–water partition coefficient (Wildman–Crippen LogP) is 3.24. The van der Waals surface area contributed by atoms with Gasteiger partial charge in [-0.3, -0.25) is 4.79 Å². The Hall–Kier alpha value is -0.610. The van der Waals surface area contributed by atoms with Gasteiger partial charge in [0, 0.05) is 17.7 Å². The number of nitrogens with zero attached hydrogens (tertiary/aromatic N) is 1. The van der Waals surface area contributed by atoms with Crippen molar-refractivity contribution in [1.29, 1.82) is 0 Å². The normalized spacial score (nSPS) is 17.3. The SMILES string of the molecule is CC1(C(=O)Nc2cc(Cl)c(Br)cn2)CC1. The van der Waals surface area contributed by atoms with E-state index in [1.807, 2.05) is 6.92 Å². The summed E-state index contributed by atoms with van der Waals surface area (Å²) in [6.45, 7) is 1.95. The van der Waals surface area contributed by atoms with Gasteiger partial charge in [-0.25, -0.2) is 4.98 Å². The van der Waals surface area contributed by atoms with Gasteiger partial charge < -0.3 is 5.32 Å². The molecule has 1 aromatic heterocycles. The van der Waals surface area contributed by atoms with E-state index in [4.69, 9.17) is 11.6 Å². The molecule has 0 aliphatic heterocycles. The lowest BCUT2D eigenvalue weighted by molar-refractivity contribution is -0.120. The van der Waals surface area contributed by atoms with Crippen molar-refractivity contribution < 1.29 is 4.79 Å². The first-order valence-corrected chi connectivity index (χ1v) is 5.81. The molecule has 15 heavy (non-hydrogen) atoms. The molecule has 1 aromatic rings. The molecular formula is C10H10BrClN2O. The van der Waals surface area contributed by atoms with Crippen molar-refractivity contribution >= 4 is 39.3 Å². The molecule has 1 heterocycles. The zero-order valence-electron chi connectivity index (χ0n) is 8.18. The van der Waals surface area contributed by atoms with E-state index in [0.717, 1.165) is 17.3 Å². The highest BCUT2D eigenvalue weighted by molar-refractivity contribution is 9.10. The highest BCUT2D eigenvalue weighted by atomic mass is 79.9. The van der Waals surface area contributed by atoms with Crippen molar-refractivity contribution in [3.63, 3.8) is 0 Å². The van der Waals surface area contributed by atoms with Gasteiger partial charge in [0.1, 0.15) is 5.82 Å². The molecule has 1 aliphatic carbocycles. The fourth-order valence-electron chi connectivity index (χ4n) is 1.16. The minimum atomic E-state index is -0.193. The zero-order valence-corrected chi connectivity index (χ0v) is 10.5. The van der Waals surface area contributed by atoms with Crippen LogP contribution in [0.3, 0.4) is 0 Å². The summed E-state index contributed by atoms with van der Waals surface area (Å²) in [6.07, 6.45) is 3.47. The molecule has 1 fully saturated rings. The molecule has 0 aromatic carbocycles. The maximum atomic E-state index is 11.7. The van der Waals surface area contributed by atoms with E-state index >= 15 is 0 Å². The van der Waals surface area contributed by atoms with Gasteiger partial charge in [-0.05, 0) is 28.8 Å². The number of nitrogens with one attached hydrogen (secondary N) is 1. The Bertz CT molecular complexity index is 418. The van der Waals surface area contributed by atoms with Gasteiger partial charge in [0.05, 0.1) is 9.50 Å². The molecule has 1 N–H and O–H groups in total. The molecule has 0 radical (unpaired) electrons. The number of aromatic nitrogens is 1. The number of hydrogen-bond acceptors (Lipinski definition) is 2. The lowest BCUT2D eigenvalue weighted by Gasteiger charge is -2.09. The summed E-state index contributed by atoms with van der Waals surface area (Å²) >= 11 is 9.13. The van der Waals surface area contributed by atoms with Crippen molar-refractivity contribution in [2.24, 2.45) is 5.41 Å². The Labute approximate surface area is 101 Å². The van der Waals surface area contributed by atoms with Crippen LogP contribution in [0.1, 0.15) is 19.8 Å². The Morgan fingerprint density at radius 1 is 1.67 bits per heavy atom. The predicted molar refractivity (Wildman–Crippen MR) is 62.9 cm³/mol. The number of hydrogen-bond donors (Lipinski definition) is 1. The Kier molecular flexibility index (Phi) is 2.73. The van der Waals surface area contributed by atoms with Gasteiger partial charge >= 0.3 is 0 Å². The monoisotopic (exact) mass is 288 g/mol. The van der Waals surface area contributed by atoms with E-state index in [1.165, 1.54) is 0 Å². The standard InChI is InChI=1S/C10H10BrClN2O/c1-10(2-3-10)9(15)14-8-4-7(12)6(11)5-13-8/h4-5H,2-3H2,1H3,(H,13,14,15). The lowest BCUT2D eigenvalue weighted by atomic mass is 10.1. The van der Waals surface area contributed by atoms with Crippen LogP contribution in [-0.4, -0.2) is 10.9 Å². The Morgan fingerprint density at radius 2 is 2.33 bits per heavy atom. The number of pyridine rings is 1. The van der Waals surface area contributed by atoms with E-state index in [1.54, 1.807) is 12.3 Å².